The third-order valence-electron chi connectivity index (χ3n) is 5.95. The van der Waals surface area contributed by atoms with E-state index in [2.05, 4.69) is 37.3 Å². The minimum atomic E-state index is 0.769. The predicted molar refractivity (Wildman–Crippen MR) is 101 cm³/mol. The normalized spacial score (nSPS) is 27.5. The van der Waals surface area contributed by atoms with Crippen LogP contribution < -0.4 is 0 Å². The molecule has 2 bridgehead atoms. The van der Waals surface area contributed by atoms with E-state index < -0.39 is 0 Å². The molecule has 5 heteroatoms. The van der Waals surface area contributed by atoms with Crippen LogP contribution in [0.3, 0.4) is 0 Å². The Morgan fingerprint density at radius 3 is 2.68 bits per heavy atom. The lowest BCUT2D eigenvalue weighted by Crippen LogP contribution is -2.44. The van der Waals surface area contributed by atoms with Crippen molar-refractivity contribution in [3.63, 3.8) is 0 Å². The summed E-state index contributed by atoms with van der Waals surface area (Å²) in [5, 5.41) is 2.08. The highest BCUT2D eigenvalue weighted by atomic mass is 32.1. The Hall–Kier alpha value is -1.30. The molecule has 3 aliphatic heterocycles. The number of fused-ring (bicyclic) bond motifs is 4. The maximum Gasteiger partial charge on any atom is 0.169 e. The summed E-state index contributed by atoms with van der Waals surface area (Å²) in [6.45, 7) is 6.13. The van der Waals surface area contributed by atoms with Gasteiger partial charge in [-0.1, -0.05) is 6.07 Å². The maximum absolute atomic E-state index is 4.59. The van der Waals surface area contributed by atoms with Crippen LogP contribution in [0.15, 0.2) is 29.9 Å². The van der Waals surface area contributed by atoms with Gasteiger partial charge in [0.2, 0.25) is 0 Å². The monoisotopic (exact) mass is 354 g/mol. The van der Waals surface area contributed by atoms with Crippen molar-refractivity contribution >= 4 is 11.3 Å². The quantitative estimate of drug-likeness (QED) is 0.822. The second-order valence-electron chi connectivity index (χ2n) is 8.08. The molecular formula is C20H26N4S. The zero-order valence-corrected chi connectivity index (χ0v) is 15.5. The molecule has 0 amide bonds. The van der Waals surface area contributed by atoms with Crippen LogP contribution in [0.5, 0.6) is 0 Å². The van der Waals surface area contributed by atoms with Gasteiger partial charge in [-0.15, -0.1) is 11.3 Å². The predicted octanol–water partition coefficient (Wildman–Crippen LogP) is 3.51. The summed E-state index contributed by atoms with van der Waals surface area (Å²) in [5.41, 5.74) is 1.25. The van der Waals surface area contributed by atoms with Crippen LogP contribution in [0.4, 0.5) is 0 Å². The number of nitrogens with zero attached hydrogens (tertiary/aromatic N) is 4. The first-order valence-electron chi connectivity index (χ1n) is 9.65. The second kappa shape index (κ2) is 6.78. The molecule has 3 saturated heterocycles. The molecule has 4 fully saturated rings. The summed E-state index contributed by atoms with van der Waals surface area (Å²) in [4.78, 5) is 15.8. The molecule has 132 valence electrons. The van der Waals surface area contributed by atoms with Gasteiger partial charge in [0, 0.05) is 56.7 Å². The Kier molecular flexibility index (Phi) is 4.32. The van der Waals surface area contributed by atoms with Gasteiger partial charge >= 0.3 is 0 Å². The van der Waals surface area contributed by atoms with Crippen LogP contribution in [-0.2, 0) is 6.54 Å². The summed E-state index contributed by atoms with van der Waals surface area (Å²) < 4.78 is 0. The highest BCUT2D eigenvalue weighted by Gasteiger charge is 2.37. The van der Waals surface area contributed by atoms with E-state index in [0.717, 1.165) is 35.1 Å². The van der Waals surface area contributed by atoms with Crippen molar-refractivity contribution < 1.29 is 0 Å². The van der Waals surface area contributed by atoms with Gasteiger partial charge in [-0.3, -0.25) is 9.80 Å². The molecule has 0 spiro atoms. The molecule has 6 rings (SSSR count). The van der Waals surface area contributed by atoms with E-state index in [1.807, 2.05) is 12.4 Å². The van der Waals surface area contributed by atoms with Crippen LogP contribution in [0.1, 0.15) is 31.2 Å². The third-order valence-corrected chi connectivity index (χ3v) is 6.81. The number of rotatable bonds is 5. The van der Waals surface area contributed by atoms with E-state index in [0.29, 0.717) is 0 Å². The van der Waals surface area contributed by atoms with Crippen molar-refractivity contribution in [3.8, 4) is 10.7 Å². The number of thiophene rings is 1. The maximum atomic E-state index is 4.59. The second-order valence-corrected chi connectivity index (χ2v) is 9.03. The van der Waals surface area contributed by atoms with E-state index in [4.69, 9.17) is 0 Å². The molecule has 0 unspecified atom stereocenters. The van der Waals surface area contributed by atoms with Gasteiger partial charge in [-0.25, -0.2) is 9.97 Å². The molecule has 2 aromatic heterocycles. The Morgan fingerprint density at radius 2 is 1.92 bits per heavy atom. The van der Waals surface area contributed by atoms with Gasteiger partial charge < -0.3 is 0 Å². The fourth-order valence-corrected chi connectivity index (χ4v) is 5.16. The lowest BCUT2D eigenvalue weighted by atomic mass is 9.95. The third kappa shape index (κ3) is 3.64. The zero-order valence-electron chi connectivity index (χ0n) is 14.7. The van der Waals surface area contributed by atoms with Gasteiger partial charge in [-0.05, 0) is 49.0 Å². The van der Waals surface area contributed by atoms with Crippen molar-refractivity contribution in [2.24, 2.45) is 11.8 Å². The van der Waals surface area contributed by atoms with Crippen LogP contribution in [0, 0.1) is 11.8 Å². The fraction of sp³-hybridized carbons (Fsp3) is 0.600. The molecule has 2 aromatic rings. The highest BCUT2D eigenvalue weighted by molar-refractivity contribution is 7.13. The smallest absolute Gasteiger partial charge is 0.169 e. The molecule has 0 N–H and O–H groups in total. The van der Waals surface area contributed by atoms with E-state index in [1.54, 1.807) is 11.3 Å². The van der Waals surface area contributed by atoms with E-state index in [-0.39, 0.29) is 0 Å². The summed E-state index contributed by atoms with van der Waals surface area (Å²) in [6.07, 6.45) is 9.78. The first-order chi connectivity index (χ1) is 12.3. The fourth-order valence-electron chi connectivity index (χ4n) is 4.49. The topological polar surface area (TPSA) is 32.3 Å². The van der Waals surface area contributed by atoms with Gasteiger partial charge in [0.25, 0.3) is 0 Å². The number of hydrogen-bond acceptors (Lipinski definition) is 5. The van der Waals surface area contributed by atoms with Gasteiger partial charge in [0.1, 0.15) is 0 Å². The average Bonchev–Trinajstić information content (AvgIpc) is 3.35. The lowest BCUT2D eigenvalue weighted by molar-refractivity contribution is 0.125. The Morgan fingerprint density at radius 1 is 1.04 bits per heavy atom. The lowest BCUT2D eigenvalue weighted by Gasteiger charge is -2.36. The summed E-state index contributed by atoms with van der Waals surface area (Å²) >= 11 is 1.70. The van der Waals surface area contributed by atoms with E-state index >= 15 is 0 Å². The first kappa shape index (κ1) is 15.9. The highest BCUT2D eigenvalue weighted by Crippen LogP contribution is 2.35. The van der Waals surface area contributed by atoms with E-state index in [1.165, 1.54) is 57.4 Å². The van der Waals surface area contributed by atoms with E-state index in [9.17, 15) is 0 Å². The van der Waals surface area contributed by atoms with Gasteiger partial charge in [-0.2, -0.15) is 0 Å². The Balaban J connectivity index is 1.25. The van der Waals surface area contributed by atoms with Crippen LogP contribution in [-0.4, -0.2) is 52.0 Å². The molecule has 4 nitrogen and oxygen atoms in total. The standard InChI is InChI=1S/C20H26N4S/c1-2-19(25-7-1)20-21-8-17(9-22-20)11-23-10-16-5-6-18(14-23)24(13-16)12-15-3-4-15/h1-2,7-9,15-16,18H,3-6,10-14H2/t16-,18+/m0/s1. The van der Waals surface area contributed by atoms with Gasteiger partial charge in [0.05, 0.1) is 4.88 Å². The number of piperidine rings is 1. The van der Waals surface area contributed by atoms with Gasteiger partial charge in [0.15, 0.2) is 5.82 Å². The van der Waals surface area contributed by atoms with Crippen molar-refractivity contribution in [3.05, 3.63) is 35.5 Å². The Labute approximate surface area is 153 Å². The van der Waals surface area contributed by atoms with Crippen molar-refractivity contribution in [1.29, 1.82) is 0 Å². The molecule has 25 heavy (non-hydrogen) atoms. The van der Waals surface area contributed by atoms with Crippen LogP contribution >= 0.6 is 11.3 Å². The largest absolute Gasteiger partial charge is 0.299 e. The molecule has 5 heterocycles. The number of hydrogen-bond donors (Lipinski definition) is 0. The average molecular weight is 355 g/mol. The summed E-state index contributed by atoms with van der Waals surface area (Å²) in [6, 6.07) is 4.91. The summed E-state index contributed by atoms with van der Waals surface area (Å²) in [7, 11) is 0. The van der Waals surface area contributed by atoms with Crippen molar-refractivity contribution in [2.45, 2.75) is 38.3 Å². The summed E-state index contributed by atoms with van der Waals surface area (Å²) in [5.74, 6) is 2.71. The molecule has 0 aromatic carbocycles. The SMILES string of the molecule is c1csc(-c2ncc(CN3C[C@@H]4CC[C@H](C3)N(CC3CC3)C4)cn2)c1. The van der Waals surface area contributed by atoms with Crippen molar-refractivity contribution in [2.75, 3.05) is 26.2 Å². The molecule has 1 aliphatic carbocycles. The minimum absolute atomic E-state index is 0.769. The molecule has 0 radical (unpaired) electrons. The minimum Gasteiger partial charge on any atom is -0.299 e. The zero-order chi connectivity index (χ0) is 16.6. The Bertz CT molecular complexity index is 695. The van der Waals surface area contributed by atoms with Crippen LogP contribution in [0.25, 0.3) is 10.7 Å². The molecule has 2 atom stereocenters. The van der Waals surface area contributed by atoms with Crippen molar-refractivity contribution in [1.82, 2.24) is 19.8 Å². The molecule has 4 aliphatic rings. The first-order valence-corrected chi connectivity index (χ1v) is 10.5. The number of aromatic nitrogens is 2. The van der Waals surface area contributed by atoms with Crippen LogP contribution in [0.2, 0.25) is 0 Å². The molecule has 1 saturated carbocycles. The molecular weight excluding hydrogens is 328 g/mol.